The molecule has 2 aliphatic heterocycles. The second-order valence-electron chi connectivity index (χ2n) is 9.13. The van der Waals surface area contributed by atoms with E-state index in [4.69, 9.17) is 17.3 Å². The highest BCUT2D eigenvalue weighted by Gasteiger charge is 2.38. The molecule has 1 saturated carbocycles. The molecule has 2 heterocycles. The van der Waals surface area contributed by atoms with E-state index in [-0.39, 0.29) is 30.2 Å². The summed E-state index contributed by atoms with van der Waals surface area (Å²) < 4.78 is 0. The smallest absolute Gasteiger partial charge is 0.236 e. The van der Waals surface area contributed by atoms with Crippen LogP contribution in [0, 0.1) is 0 Å². The van der Waals surface area contributed by atoms with Crippen LogP contribution in [-0.4, -0.2) is 79.0 Å². The Morgan fingerprint density at radius 2 is 1.68 bits per heavy atom. The number of benzene rings is 1. The van der Waals surface area contributed by atoms with Crippen molar-refractivity contribution in [2.45, 2.75) is 50.0 Å². The zero-order chi connectivity index (χ0) is 20.3. The Hall–Kier alpha value is -0.560. The Bertz CT molecular complexity index is 698. The van der Waals surface area contributed by atoms with Gasteiger partial charge in [-0.05, 0) is 56.2 Å². The average Bonchev–Trinajstić information content (AvgIpc) is 3.30. The molecule has 3 aliphatic rings. The summed E-state index contributed by atoms with van der Waals surface area (Å²) in [7, 11) is 0. The van der Waals surface area contributed by atoms with Crippen LogP contribution in [0.1, 0.15) is 44.1 Å². The third-order valence-electron chi connectivity index (χ3n) is 7.48. The molecule has 0 unspecified atom stereocenters. The molecule has 1 aromatic carbocycles. The van der Waals surface area contributed by atoms with Crippen LogP contribution in [-0.2, 0) is 10.2 Å². The Morgan fingerprint density at radius 1 is 1.03 bits per heavy atom. The van der Waals surface area contributed by atoms with E-state index in [0.717, 1.165) is 57.1 Å². The van der Waals surface area contributed by atoms with E-state index in [1.54, 1.807) is 0 Å². The van der Waals surface area contributed by atoms with Crippen LogP contribution < -0.4 is 5.73 Å². The van der Waals surface area contributed by atoms with Crippen molar-refractivity contribution in [3.63, 3.8) is 0 Å². The molecule has 0 aromatic heterocycles. The van der Waals surface area contributed by atoms with Gasteiger partial charge < -0.3 is 10.6 Å². The number of carbonyl (C=O) groups excluding carboxylic acids is 1. The summed E-state index contributed by atoms with van der Waals surface area (Å²) in [6.45, 7) is 7.36. The number of hydrogen-bond acceptors (Lipinski definition) is 4. The minimum atomic E-state index is 0. The normalized spacial score (nSPS) is 27.4. The molecule has 0 bridgehead atoms. The van der Waals surface area contributed by atoms with Crippen LogP contribution >= 0.6 is 36.4 Å². The van der Waals surface area contributed by atoms with E-state index in [1.807, 2.05) is 17.0 Å². The average molecular weight is 492 g/mol. The Kier molecular flexibility index (Phi) is 10.4. The molecule has 31 heavy (non-hydrogen) atoms. The lowest BCUT2D eigenvalue weighted by Gasteiger charge is -2.46. The van der Waals surface area contributed by atoms with Gasteiger partial charge in [0.05, 0.1) is 6.54 Å². The molecule has 2 saturated heterocycles. The van der Waals surface area contributed by atoms with E-state index in [9.17, 15) is 4.79 Å². The standard InChI is InChI=1S/C23H35ClN4O.2ClH/c24-20-5-3-4-19(16-20)23(18-25)8-6-21(7-9-23)27-14-12-26(13-15-27)17-22(29)28-10-1-2-11-28;;/h3-5,16,21H,1-2,6-15,17-18,25H2;2*1H/t21-,23-;;. The number of hydrogen-bond donors (Lipinski definition) is 1. The summed E-state index contributed by atoms with van der Waals surface area (Å²) in [4.78, 5) is 19.4. The van der Waals surface area contributed by atoms with Gasteiger partial charge in [-0.3, -0.25) is 14.6 Å². The second-order valence-corrected chi connectivity index (χ2v) is 9.56. The summed E-state index contributed by atoms with van der Waals surface area (Å²) in [6, 6.07) is 8.92. The molecule has 0 spiro atoms. The highest BCUT2D eigenvalue weighted by molar-refractivity contribution is 6.30. The Balaban J connectivity index is 0.00000171. The molecule has 4 rings (SSSR count). The van der Waals surface area contributed by atoms with Crippen molar-refractivity contribution in [1.29, 1.82) is 0 Å². The first-order chi connectivity index (χ1) is 14.1. The molecule has 5 nitrogen and oxygen atoms in total. The van der Waals surface area contributed by atoms with E-state index < -0.39 is 0 Å². The number of halogens is 3. The van der Waals surface area contributed by atoms with E-state index in [0.29, 0.717) is 25.0 Å². The molecular formula is C23H37Cl3N4O. The molecule has 1 aliphatic carbocycles. The highest BCUT2D eigenvalue weighted by atomic mass is 35.5. The van der Waals surface area contributed by atoms with Crippen molar-refractivity contribution in [3.8, 4) is 0 Å². The quantitative estimate of drug-likeness (QED) is 0.684. The van der Waals surface area contributed by atoms with Crippen molar-refractivity contribution in [2.75, 3.05) is 52.4 Å². The fourth-order valence-electron chi connectivity index (χ4n) is 5.49. The monoisotopic (exact) mass is 490 g/mol. The molecule has 0 atom stereocenters. The fraction of sp³-hybridized carbons (Fsp3) is 0.696. The number of carbonyl (C=O) groups is 1. The zero-order valence-corrected chi connectivity index (χ0v) is 20.7. The number of nitrogens with zero attached hydrogens (tertiary/aromatic N) is 3. The van der Waals surface area contributed by atoms with E-state index in [1.165, 1.54) is 31.2 Å². The first kappa shape index (κ1) is 26.7. The van der Waals surface area contributed by atoms with Gasteiger partial charge in [0.25, 0.3) is 0 Å². The first-order valence-electron chi connectivity index (χ1n) is 11.3. The predicted molar refractivity (Wildman–Crippen MR) is 133 cm³/mol. The molecule has 0 radical (unpaired) electrons. The van der Waals surface area contributed by atoms with Crippen LogP contribution in [0.25, 0.3) is 0 Å². The van der Waals surface area contributed by atoms with Gasteiger partial charge >= 0.3 is 0 Å². The van der Waals surface area contributed by atoms with Crippen LogP contribution in [0.15, 0.2) is 24.3 Å². The predicted octanol–water partition coefficient (Wildman–Crippen LogP) is 3.56. The number of piperazine rings is 1. The summed E-state index contributed by atoms with van der Waals surface area (Å²) in [6.07, 6.45) is 6.97. The molecule has 1 aromatic rings. The summed E-state index contributed by atoms with van der Waals surface area (Å²) in [5.74, 6) is 0.322. The number of likely N-dealkylation sites (tertiary alicyclic amines) is 1. The molecule has 1 amide bonds. The lowest BCUT2D eigenvalue weighted by molar-refractivity contribution is -0.131. The number of rotatable bonds is 5. The third-order valence-corrected chi connectivity index (χ3v) is 7.72. The molecule has 176 valence electrons. The first-order valence-corrected chi connectivity index (χ1v) is 11.7. The third kappa shape index (κ3) is 6.27. The van der Waals surface area contributed by atoms with Crippen LogP contribution in [0.4, 0.5) is 0 Å². The van der Waals surface area contributed by atoms with Gasteiger partial charge in [-0.2, -0.15) is 0 Å². The molecular weight excluding hydrogens is 455 g/mol. The van der Waals surface area contributed by atoms with Gasteiger partial charge in [0.1, 0.15) is 0 Å². The largest absolute Gasteiger partial charge is 0.342 e. The minimum Gasteiger partial charge on any atom is -0.342 e. The lowest BCUT2D eigenvalue weighted by atomic mass is 9.68. The minimum absolute atomic E-state index is 0. The van der Waals surface area contributed by atoms with Gasteiger partial charge in [0.15, 0.2) is 0 Å². The van der Waals surface area contributed by atoms with Crippen molar-refractivity contribution < 1.29 is 4.79 Å². The van der Waals surface area contributed by atoms with E-state index >= 15 is 0 Å². The van der Waals surface area contributed by atoms with Crippen LogP contribution in [0.2, 0.25) is 5.02 Å². The fourth-order valence-corrected chi connectivity index (χ4v) is 5.68. The van der Waals surface area contributed by atoms with Crippen molar-refractivity contribution >= 4 is 42.3 Å². The zero-order valence-electron chi connectivity index (χ0n) is 18.3. The van der Waals surface area contributed by atoms with E-state index in [2.05, 4.69) is 21.9 Å². The van der Waals surface area contributed by atoms with Crippen molar-refractivity contribution in [1.82, 2.24) is 14.7 Å². The van der Waals surface area contributed by atoms with Crippen LogP contribution in [0.5, 0.6) is 0 Å². The van der Waals surface area contributed by atoms with Crippen LogP contribution in [0.3, 0.4) is 0 Å². The maximum absolute atomic E-state index is 12.4. The second kappa shape index (κ2) is 12.1. The Morgan fingerprint density at radius 3 is 2.26 bits per heavy atom. The van der Waals surface area contributed by atoms with Gasteiger partial charge in [-0.15, -0.1) is 24.8 Å². The van der Waals surface area contributed by atoms with Crippen molar-refractivity contribution in [2.24, 2.45) is 5.73 Å². The summed E-state index contributed by atoms with van der Waals surface area (Å²) >= 11 is 6.24. The Labute approximate surface area is 204 Å². The maximum Gasteiger partial charge on any atom is 0.236 e. The number of amides is 1. The highest BCUT2D eigenvalue weighted by Crippen LogP contribution is 2.40. The SMILES string of the molecule is Cl.Cl.NC[C@]1(c2cccc(Cl)c2)CC[C@H](N2CCN(CC(=O)N3CCCC3)CC2)CC1. The molecule has 3 fully saturated rings. The van der Waals surface area contributed by atoms with Gasteiger partial charge in [-0.1, -0.05) is 23.7 Å². The summed E-state index contributed by atoms with van der Waals surface area (Å²) in [5.41, 5.74) is 7.64. The molecule has 2 N–H and O–H groups in total. The topological polar surface area (TPSA) is 52.8 Å². The van der Waals surface area contributed by atoms with Gasteiger partial charge in [0.2, 0.25) is 5.91 Å². The van der Waals surface area contributed by atoms with Gasteiger partial charge in [0, 0.05) is 62.3 Å². The number of nitrogens with two attached hydrogens (primary N) is 1. The lowest BCUT2D eigenvalue weighted by Crippen LogP contribution is -2.54. The maximum atomic E-state index is 12.4. The molecule has 8 heteroatoms. The summed E-state index contributed by atoms with van der Waals surface area (Å²) in [5, 5.41) is 0.803. The van der Waals surface area contributed by atoms with Gasteiger partial charge in [-0.25, -0.2) is 0 Å². The van der Waals surface area contributed by atoms with Crippen molar-refractivity contribution in [3.05, 3.63) is 34.9 Å².